The van der Waals surface area contributed by atoms with Crippen molar-refractivity contribution in [3.8, 4) is 0 Å². The van der Waals surface area contributed by atoms with E-state index in [0.717, 1.165) is 13.1 Å². The zero-order valence-electron chi connectivity index (χ0n) is 22.8. The molecule has 1 radical (unpaired) electrons. The van der Waals surface area contributed by atoms with Gasteiger partial charge >= 0.3 is 16.8 Å². The topological polar surface area (TPSA) is 208 Å². The quantitative estimate of drug-likeness (QED) is 0.400. The molecule has 0 saturated heterocycles. The summed E-state index contributed by atoms with van der Waals surface area (Å²) in [6, 6.07) is 2.33. The molecule has 2 aliphatic heterocycles. The van der Waals surface area contributed by atoms with E-state index in [1.165, 1.54) is 12.1 Å². The first-order valence-corrected chi connectivity index (χ1v) is 20.3. The van der Waals surface area contributed by atoms with Gasteiger partial charge < -0.3 is 20.9 Å². The van der Waals surface area contributed by atoms with E-state index >= 15 is 0 Å². The van der Waals surface area contributed by atoms with E-state index in [-0.39, 0.29) is 57.2 Å². The van der Waals surface area contributed by atoms with Crippen LogP contribution < -0.4 is 10.6 Å². The number of rotatable bonds is 8. The Labute approximate surface area is 261 Å². The Kier molecular flexibility index (Phi) is 12.3. The molecule has 2 aromatic heterocycles. The van der Waals surface area contributed by atoms with Crippen molar-refractivity contribution in [3.05, 3.63) is 33.5 Å². The zero-order valence-corrected chi connectivity index (χ0v) is 28.7. The number of fused-ring (bicyclic) bond motifs is 2. The van der Waals surface area contributed by atoms with E-state index in [1.807, 2.05) is 27.7 Å². The van der Waals surface area contributed by atoms with E-state index in [9.17, 15) is 33.7 Å². The molecule has 0 bridgehead atoms. The minimum absolute atomic E-state index is 0. The van der Waals surface area contributed by atoms with E-state index < -0.39 is 39.7 Å². The fourth-order valence-electron chi connectivity index (χ4n) is 4.19. The van der Waals surface area contributed by atoms with Crippen molar-refractivity contribution in [2.45, 2.75) is 69.5 Å². The maximum absolute atomic E-state index is 12.0. The number of hydrogen-bond donors (Lipinski definition) is 2. The average Bonchev–Trinajstić information content (AvgIpc) is 3.45. The zero-order chi connectivity index (χ0) is 30.3. The number of sulfonamides is 2. The molecule has 0 amide bonds. The Morgan fingerprint density at radius 1 is 0.756 bits per heavy atom. The van der Waals surface area contributed by atoms with Crippen LogP contribution in [0.25, 0.3) is 10.3 Å². The van der Waals surface area contributed by atoms with Gasteiger partial charge in [0.15, 0.2) is 19.7 Å². The third-order valence-electron chi connectivity index (χ3n) is 6.15. The molecule has 12 nitrogen and oxygen atoms in total. The minimum atomic E-state index is -4.13. The Bertz CT molecular complexity index is 1540. The van der Waals surface area contributed by atoms with Crippen LogP contribution >= 0.6 is 22.7 Å². The number of sulfone groups is 2. The number of hydrogen-bond acceptors (Lipinski definition) is 12. The van der Waals surface area contributed by atoms with E-state index in [4.69, 9.17) is 10.3 Å². The molecule has 2 aromatic rings. The molecule has 2 atom stereocenters. The molecule has 19 heteroatoms. The van der Waals surface area contributed by atoms with E-state index in [2.05, 4.69) is 10.6 Å². The van der Waals surface area contributed by atoms with Gasteiger partial charge in [0.2, 0.25) is 0 Å². The first-order chi connectivity index (χ1) is 18.2. The smallest absolute Gasteiger partial charge is 0.559 e. The molecule has 4 N–H and O–H groups in total. The van der Waals surface area contributed by atoms with Gasteiger partial charge in [0.1, 0.15) is 36.9 Å². The van der Waals surface area contributed by atoms with E-state index in [1.54, 1.807) is 0 Å². The van der Waals surface area contributed by atoms with Crippen LogP contribution in [0, 0.1) is 11.8 Å². The Balaban J connectivity index is 0.000000280. The second-order valence-electron chi connectivity index (χ2n) is 10.5. The van der Waals surface area contributed by atoms with Gasteiger partial charge in [0, 0.05) is 12.1 Å². The normalized spacial score (nSPS) is 21.4. The van der Waals surface area contributed by atoms with Crippen molar-refractivity contribution in [1.82, 2.24) is 10.6 Å². The fraction of sp³-hybridized carbons (Fsp3) is 0.636. The first-order valence-electron chi connectivity index (χ1n) is 12.4. The summed E-state index contributed by atoms with van der Waals surface area (Å²) in [4.78, 5) is 0. The third-order valence-corrected chi connectivity index (χ3v) is 15.9. The van der Waals surface area contributed by atoms with Crippen LogP contribution in [0.5, 0.6) is 0 Å². The second kappa shape index (κ2) is 13.7. The van der Waals surface area contributed by atoms with Gasteiger partial charge in [0.05, 0.1) is 11.5 Å². The van der Waals surface area contributed by atoms with E-state index in [0.29, 0.717) is 58.5 Å². The summed E-state index contributed by atoms with van der Waals surface area (Å²) in [6.07, 6.45) is 0.854. The van der Waals surface area contributed by atoms with Gasteiger partial charge in [-0.05, 0) is 61.0 Å². The van der Waals surface area contributed by atoms with Crippen molar-refractivity contribution < 1.29 is 50.4 Å². The predicted molar refractivity (Wildman–Crippen MR) is 156 cm³/mol. The van der Waals surface area contributed by atoms with Crippen molar-refractivity contribution >= 4 is 62.4 Å². The third kappa shape index (κ3) is 9.27. The van der Waals surface area contributed by atoms with Crippen LogP contribution in [-0.2, 0) is 56.5 Å². The fourth-order valence-corrected chi connectivity index (χ4v) is 12.5. The Morgan fingerprint density at radius 2 is 1.07 bits per heavy atom. The molecule has 0 spiro atoms. The van der Waals surface area contributed by atoms with Crippen molar-refractivity contribution in [3.63, 3.8) is 0 Å². The number of thiophene rings is 2. The van der Waals surface area contributed by atoms with Gasteiger partial charge in [-0.1, -0.05) is 27.7 Å². The van der Waals surface area contributed by atoms with Crippen LogP contribution in [-0.4, -0.2) is 58.3 Å². The number of nitrogens with one attached hydrogen (secondary N) is 4. The molecule has 0 aliphatic carbocycles. The predicted octanol–water partition coefficient (Wildman–Crippen LogP) is 3.90. The summed E-state index contributed by atoms with van der Waals surface area (Å²) < 4.78 is 93.1. The van der Waals surface area contributed by atoms with Crippen LogP contribution in [0.15, 0.2) is 29.0 Å². The molecule has 0 aromatic carbocycles. The SMILES string of the molecule is CC(C)CNC1CCS(=O)(=O)c2sc(S([NH-])(=O)=O)cc21.CC(C)CNC1CCS(=O)(=O)c2sc(S([NH-])(=O)=O)cc21.[Co+2]. The largest absolute Gasteiger partial charge is 2.00 e. The molecular formula is C22H34CoN4O8S6. The second-order valence-corrected chi connectivity index (χ2v) is 20.7. The molecule has 41 heavy (non-hydrogen) atoms. The molecule has 4 heterocycles. The van der Waals surface area contributed by atoms with Crippen LogP contribution in [0.2, 0.25) is 0 Å². The molecular weight excluding hydrogens is 700 g/mol. The van der Waals surface area contributed by atoms with Gasteiger partial charge in [-0.3, -0.25) is 0 Å². The van der Waals surface area contributed by atoms with Crippen molar-refractivity contribution in [2.75, 3.05) is 24.6 Å². The first kappa shape index (κ1) is 36.7. The van der Waals surface area contributed by atoms with Crippen molar-refractivity contribution in [1.29, 1.82) is 0 Å². The molecule has 0 saturated carbocycles. The average molecular weight is 734 g/mol. The maximum atomic E-state index is 12.0. The standard InChI is InChI=1S/2C11H17N2O4S3.Co/c2*1-7(2)6-13-9-3-4-19(14,15)11-8(9)5-10(18-11)20(12,16)17;/h2*5,7,9,13H,3-4,6H2,1-2H3,(H-,12,16,17);/q2*-1;+2. The van der Waals surface area contributed by atoms with Crippen molar-refractivity contribution in [2.24, 2.45) is 11.8 Å². The Morgan fingerprint density at radius 3 is 1.34 bits per heavy atom. The summed E-state index contributed by atoms with van der Waals surface area (Å²) >= 11 is 1.37. The Hall–Kier alpha value is -0.454. The van der Waals surface area contributed by atoms with Gasteiger partial charge in [-0.25, -0.2) is 33.7 Å². The van der Waals surface area contributed by atoms with Crippen LogP contribution in [0.1, 0.15) is 63.7 Å². The summed E-state index contributed by atoms with van der Waals surface area (Å²) in [5.41, 5.74) is 0.987. The minimum Gasteiger partial charge on any atom is -0.559 e. The summed E-state index contributed by atoms with van der Waals surface area (Å²) in [7, 11) is -15.1. The maximum Gasteiger partial charge on any atom is 2.00 e. The molecule has 235 valence electrons. The van der Waals surface area contributed by atoms with Crippen LogP contribution in [0.3, 0.4) is 0 Å². The van der Waals surface area contributed by atoms with Gasteiger partial charge in [-0.2, -0.15) is 0 Å². The molecule has 2 unspecified atom stereocenters. The molecule has 0 fully saturated rings. The molecule has 2 aliphatic rings. The van der Waals surface area contributed by atoms with Gasteiger partial charge in [0.25, 0.3) is 0 Å². The summed E-state index contributed by atoms with van der Waals surface area (Å²) in [5, 5.41) is 20.7. The van der Waals surface area contributed by atoms with Crippen LogP contribution in [0.4, 0.5) is 0 Å². The summed E-state index contributed by atoms with van der Waals surface area (Å²) in [5.74, 6) is 0.839. The monoisotopic (exact) mass is 733 g/mol. The summed E-state index contributed by atoms with van der Waals surface area (Å²) in [6.45, 7) is 9.62. The van der Waals surface area contributed by atoms with Gasteiger partial charge in [-0.15, -0.1) is 22.7 Å². The molecule has 4 rings (SSSR count).